The van der Waals surface area contributed by atoms with Crippen molar-refractivity contribution in [3.05, 3.63) is 0 Å². The normalized spacial score (nSPS) is 19.8. The predicted molar refractivity (Wildman–Crippen MR) is 135 cm³/mol. The molecule has 1 unspecified atom stereocenters. The number of carbonyl (C=O) groups excluding carboxylic acids is 2. The molecule has 190 valence electrons. The van der Waals surface area contributed by atoms with Crippen molar-refractivity contribution in [1.29, 1.82) is 0 Å². The zero-order valence-corrected chi connectivity index (χ0v) is 22.8. The van der Waals surface area contributed by atoms with E-state index in [1.807, 2.05) is 53.4 Å². The van der Waals surface area contributed by atoms with E-state index in [0.717, 1.165) is 58.5 Å². The van der Waals surface area contributed by atoms with E-state index in [2.05, 4.69) is 34.3 Å². The molecule has 0 bridgehead atoms. The first-order chi connectivity index (χ1) is 15.2. The second-order valence-electron chi connectivity index (χ2n) is 9.17. The van der Waals surface area contributed by atoms with Crippen LogP contribution < -0.4 is 5.32 Å². The van der Waals surface area contributed by atoms with Gasteiger partial charge in [-0.2, -0.15) is 0 Å². The van der Waals surface area contributed by atoms with Crippen molar-refractivity contribution in [2.45, 2.75) is 93.2 Å². The molecule has 2 heterocycles. The Bertz CT molecular complexity index is 532. The van der Waals surface area contributed by atoms with Crippen LogP contribution in [0.1, 0.15) is 81.1 Å². The highest BCUT2D eigenvalue weighted by molar-refractivity contribution is 5.89. The number of rotatable bonds is 6. The van der Waals surface area contributed by atoms with E-state index in [1.165, 1.54) is 6.42 Å². The zero-order valence-electron chi connectivity index (χ0n) is 22.8. The topological polar surface area (TPSA) is 59.1 Å². The lowest BCUT2D eigenvalue weighted by molar-refractivity contribution is -0.140. The second-order valence-corrected chi connectivity index (χ2v) is 9.17. The number of hydrogen-bond donors (Lipinski definition) is 1. The smallest absolute Gasteiger partial charge is 0.244 e. The Kier molecular flexibility index (Phi) is 15.0. The third-order valence-electron chi connectivity index (χ3n) is 6.66. The molecular formula is C25H53N5O2. The molecule has 0 aliphatic carbocycles. The van der Waals surface area contributed by atoms with Gasteiger partial charge in [-0.15, -0.1) is 0 Å². The van der Waals surface area contributed by atoms with Gasteiger partial charge in [0.25, 0.3) is 0 Å². The Morgan fingerprint density at radius 1 is 1.00 bits per heavy atom. The SMILES string of the molecule is CC.CC.CCC(C)(C)C(=O)NC(C)C(=O)N1CCC(N(C)N2CCCN(C)CC2)CC1. The Morgan fingerprint density at radius 2 is 1.56 bits per heavy atom. The summed E-state index contributed by atoms with van der Waals surface area (Å²) in [7, 11) is 4.39. The molecule has 32 heavy (non-hydrogen) atoms. The fraction of sp³-hybridized carbons (Fsp3) is 0.920. The number of nitrogens with one attached hydrogen (secondary N) is 1. The fourth-order valence-electron chi connectivity index (χ4n) is 3.93. The first-order valence-corrected chi connectivity index (χ1v) is 12.9. The summed E-state index contributed by atoms with van der Waals surface area (Å²) in [6.07, 6.45) is 3.92. The van der Waals surface area contributed by atoms with Gasteiger partial charge in [0, 0.05) is 51.2 Å². The van der Waals surface area contributed by atoms with Crippen molar-refractivity contribution in [3.8, 4) is 0 Å². The molecule has 0 spiro atoms. The van der Waals surface area contributed by atoms with Crippen LogP contribution in [0.3, 0.4) is 0 Å². The highest BCUT2D eigenvalue weighted by Gasteiger charge is 2.32. The predicted octanol–water partition coefficient (Wildman–Crippen LogP) is 3.46. The summed E-state index contributed by atoms with van der Waals surface area (Å²) in [5.41, 5.74) is -0.439. The first kappa shape index (κ1) is 30.8. The van der Waals surface area contributed by atoms with Gasteiger partial charge in [0.2, 0.25) is 11.8 Å². The average Bonchev–Trinajstić information content (AvgIpc) is 3.05. The first-order valence-electron chi connectivity index (χ1n) is 12.9. The van der Waals surface area contributed by atoms with E-state index in [4.69, 9.17) is 0 Å². The van der Waals surface area contributed by atoms with E-state index in [9.17, 15) is 9.59 Å². The van der Waals surface area contributed by atoms with Gasteiger partial charge in [-0.1, -0.05) is 48.5 Å². The summed E-state index contributed by atoms with van der Waals surface area (Å²) in [6, 6.07) is 0.0186. The summed E-state index contributed by atoms with van der Waals surface area (Å²) < 4.78 is 0. The minimum absolute atomic E-state index is 0.0396. The van der Waals surface area contributed by atoms with Crippen molar-refractivity contribution >= 4 is 11.8 Å². The minimum Gasteiger partial charge on any atom is -0.344 e. The number of hydrazine groups is 1. The van der Waals surface area contributed by atoms with Gasteiger partial charge < -0.3 is 15.1 Å². The largest absolute Gasteiger partial charge is 0.344 e. The lowest BCUT2D eigenvalue weighted by Crippen LogP contribution is -2.55. The molecule has 0 radical (unpaired) electrons. The van der Waals surface area contributed by atoms with Crippen molar-refractivity contribution in [1.82, 2.24) is 25.1 Å². The lowest BCUT2D eigenvalue weighted by atomic mass is 9.89. The molecule has 0 aromatic carbocycles. The highest BCUT2D eigenvalue weighted by Crippen LogP contribution is 2.21. The van der Waals surface area contributed by atoms with Crippen molar-refractivity contribution in [2.75, 3.05) is 53.4 Å². The molecule has 2 saturated heterocycles. The lowest BCUT2D eigenvalue weighted by Gasteiger charge is -2.42. The average molecular weight is 456 g/mol. The maximum atomic E-state index is 12.8. The third-order valence-corrected chi connectivity index (χ3v) is 6.66. The number of carbonyl (C=O) groups is 2. The molecule has 0 aromatic rings. The monoisotopic (exact) mass is 455 g/mol. The number of nitrogens with zero attached hydrogens (tertiary/aromatic N) is 4. The Labute approximate surface area is 198 Å². The maximum absolute atomic E-state index is 12.8. The van der Waals surface area contributed by atoms with Gasteiger partial charge in [-0.3, -0.25) is 9.59 Å². The number of likely N-dealkylation sites (tertiary alicyclic amines) is 1. The molecule has 1 N–H and O–H groups in total. The fourth-order valence-corrected chi connectivity index (χ4v) is 3.93. The molecular weight excluding hydrogens is 402 g/mol. The van der Waals surface area contributed by atoms with Crippen molar-refractivity contribution in [3.63, 3.8) is 0 Å². The quantitative estimate of drug-likeness (QED) is 0.665. The number of hydrogen-bond acceptors (Lipinski definition) is 5. The van der Waals surface area contributed by atoms with E-state index < -0.39 is 11.5 Å². The molecule has 0 aromatic heterocycles. The van der Waals surface area contributed by atoms with Crippen LogP contribution in [0.15, 0.2) is 0 Å². The molecule has 0 saturated carbocycles. The molecule has 2 aliphatic rings. The number of likely N-dealkylation sites (N-methyl/N-ethyl adjacent to an activating group) is 1. The van der Waals surface area contributed by atoms with Crippen LogP contribution in [-0.2, 0) is 9.59 Å². The highest BCUT2D eigenvalue weighted by atomic mass is 16.2. The van der Waals surface area contributed by atoms with Gasteiger partial charge >= 0.3 is 0 Å². The van der Waals surface area contributed by atoms with Crippen LogP contribution in [0.2, 0.25) is 0 Å². The van der Waals surface area contributed by atoms with Crippen molar-refractivity contribution in [2.24, 2.45) is 5.41 Å². The van der Waals surface area contributed by atoms with Crippen molar-refractivity contribution < 1.29 is 9.59 Å². The Morgan fingerprint density at radius 3 is 2.09 bits per heavy atom. The van der Waals surface area contributed by atoms with Crippen LogP contribution in [0.5, 0.6) is 0 Å². The Hall–Kier alpha value is -1.18. The molecule has 7 heteroatoms. The zero-order chi connectivity index (χ0) is 24.9. The summed E-state index contributed by atoms with van der Waals surface area (Å²) in [5, 5.41) is 7.80. The molecule has 1 atom stereocenters. The third kappa shape index (κ3) is 9.36. The van der Waals surface area contributed by atoms with Crippen LogP contribution in [0.4, 0.5) is 0 Å². The van der Waals surface area contributed by atoms with Crippen LogP contribution in [0.25, 0.3) is 0 Å². The Balaban J connectivity index is 0.00000227. The standard InChI is InChI=1S/C21H41N5O2.2C2H6/c1-7-21(3,4)20(28)22-17(2)19(27)25-13-9-18(10-14-25)24(6)26-12-8-11-23(5)15-16-26;2*1-2/h17-18H,7-16H2,1-6H3,(H,22,28);2*1-2H3. The van der Waals surface area contributed by atoms with E-state index in [0.29, 0.717) is 6.04 Å². The number of amides is 2. The van der Waals surface area contributed by atoms with Crippen LogP contribution in [-0.4, -0.2) is 97.1 Å². The van der Waals surface area contributed by atoms with E-state index >= 15 is 0 Å². The molecule has 2 aliphatic heterocycles. The van der Waals surface area contributed by atoms with E-state index in [1.54, 1.807) is 6.92 Å². The van der Waals surface area contributed by atoms with Gasteiger partial charge in [0.15, 0.2) is 0 Å². The van der Waals surface area contributed by atoms with Gasteiger partial charge in [-0.25, -0.2) is 10.0 Å². The van der Waals surface area contributed by atoms with Crippen LogP contribution >= 0.6 is 0 Å². The van der Waals surface area contributed by atoms with Gasteiger partial charge in [0.1, 0.15) is 6.04 Å². The van der Waals surface area contributed by atoms with Gasteiger partial charge in [-0.05, 0) is 46.2 Å². The summed E-state index contributed by atoms with van der Waals surface area (Å²) in [5.74, 6) is -0.00523. The van der Waals surface area contributed by atoms with Crippen LogP contribution in [0, 0.1) is 5.41 Å². The second kappa shape index (κ2) is 15.6. The summed E-state index contributed by atoms with van der Waals surface area (Å²) >= 11 is 0. The molecule has 2 fully saturated rings. The molecule has 7 nitrogen and oxygen atoms in total. The van der Waals surface area contributed by atoms with E-state index in [-0.39, 0.29) is 11.8 Å². The summed E-state index contributed by atoms with van der Waals surface area (Å²) in [6.45, 7) is 21.6. The maximum Gasteiger partial charge on any atom is 0.244 e. The minimum atomic E-state index is -0.464. The molecule has 2 amide bonds. The number of piperidine rings is 1. The van der Waals surface area contributed by atoms with Gasteiger partial charge in [0.05, 0.1) is 0 Å². The molecule has 2 rings (SSSR count). The summed E-state index contributed by atoms with van der Waals surface area (Å²) in [4.78, 5) is 29.5.